The van der Waals surface area contributed by atoms with Gasteiger partial charge in [0.15, 0.2) is 0 Å². The van der Waals surface area contributed by atoms with Gasteiger partial charge in [-0.25, -0.2) is 4.98 Å². The van der Waals surface area contributed by atoms with Crippen LogP contribution in [0.4, 0.5) is 5.82 Å². The van der Waals surface area contributed by atoms with Crippen molar-refractivity contribution in [2.45, 2.75) is 33.2 Å². The zero-order valence-electron chi connectivity index (χ0n) is 21.2. The van der Waals surface area contributed by atoms with Gasteiger partial charge in [-0.15, -0.1) is 0 Å². The molecule has 0 spiro atoms. The summed E-state index contributed by atoms with van der Waals surface area (Å²) in [6.45, 7) is 6.48. The minimum atomic E-state index is -0.0426. The van der Waals surface area contributed by atoms with Crippen LogP contribution >= 0.6 is 0 Å². The monoisotopic (exact) mass is 497 g/mol. The second-order valence-corrected chi connectivity index (χ2v) is 9.19. The molecular formula is C29H31N5O3. The number of hydrogen-bond donors (Lipinski definition) is 1. The average Bonchev–Trinajstić information content (AvgIpc) is 3.43. The number of ether oxygens (including phenoxy) is 1. The normalized spacial score (nSPS) is 13.9. The molecule has 0 atom stereocenters. The molecule has 1 amide bonds. The Balaban J connectivity index is 1.23. The number of aryl methyl sites for hydroxylation is 1. The quantitative estimate of drug-likeness (QED) is 0.365. The lowest BCUT2D eigenvalue weighted by Gasteiger charge is -2.32. The molecule has 2 aromatic heterocycles. The number of rotatable bonds is 8. The topological polar surface area (TPSA) is 93.4 Å². The Morgan fingerprint density at radius 2 is 1.95 bits per heavy atom. The van der Waals surface area contributed by atoms with Crippen molar-refractivity contribution >= 4 is 11.7 Å². The Kier molecular flexibility index (Phi) is 7.44. The number of carbonyl (C=O) groups is 1. The number of piperidine rings is 1. The summed E-state index contributed by atoms with van der Waals surface area (Å²) in [5.41, 5.74) is 3.83. The van der Waals surface area contributed by atoms with Gasteiger partial charge in [0.1, 0.15) is 11.6 Å². The van der Waals surface area contributed by atoms with Crippen LogP contribution < -0.4 is 15.0 Å². The Hall–Kier alpha value is -4.20. The van der Waals surface area contributed by atoms with E-state index in [1.165, 1.54) is 0 Å². The zero-order chi connectivity index (χ0) is 25.6. The van der Waals surface area contributed by atoms with E-state index in [0.29, 0.717) is 24.9 Å². The third-order valence-electron chi connectivity index (χ3n) is 6.61. The summed E-state index contributed by atoms with van der Waals surface area (Å²) in [4.78, 5) is 24.4. The first-order valence-electron chi connectivity index (χ1n) is 12.7. The molecule has 0 radical (unpaired) electrons. The maximum Gasteiger partial charge on any atom is 0.261 e. The Morgan fingerprint density at radius 1 is 1.11 bits per heavy atom. The number of hydrogen-bond acceptors (Lipinski definition) is 7. The van der Waals surface area contributed by atoms with Crippen LogP contribution in [0.5, 0.6) is 5.75 Å². The Labute approximate surface area is 216 Å². The summed E-state index contributed by atoms with van der Waals surface area (Å²) in [7, 11) is 0. The summed E-state index contributed by atoms with van der Waals surface area (Å²) in [5, 5.41) is 7.29. The molecule has 0 bridgehead atoms. The fourth-order valence-electron chi connectivity index (χ4n) is 4.68. The Morgan fingerprint density at radius 3 is 2.76 bits per heavy atom. The first kappa shape index (κ1) is 24.5. The SMILES string of the molecule is CCOc1ccccc1CNC(=O)C1CCN(c2ncccc2-c2nc(-c3cccc(C)c3)no2)CC1. The van der Waals surface area contributed by atoms with E-state index in [4.69, 9.17) is 9.26 Å². The van der Waals surface area contributed by atoms with Gasteiger partial charge in [-0.05, 0) is 51.0 Å². The molecule has 4 aromatic rings. The number of nitrogens with zero attached hydrogens (tertiary/aromatic N) is 4. The lowest BCUT2D eigenvalue weighted by Crippen LogP contribution is -2.40. The highest BCUT2D eigenvalue weighted by Crippen LogP contribution is 2.32. The van der Waals surface area contributed by atoms with Gasteiger partial charge in [0.2, 0.25) is 11.7 Å². The van der Waals surface area contributed by atoms with Gasteiger partial charge in [0, 0.05) is 42.9 Å². The van der Waals surface area contributed by atoms with Crippen LogP contribution in [0.2, 0.25) is 0 Å². The number of aromatic nitrogens is 3. The van der Waals surface area contributed by atoms with Crippen molar-refractivity contribution in [3.8, 4) is 28.6 Å². The van der Waals surface area contributed by atoms with Crippen LogP contribution in [0.3, 0.4) is 0 Å². The van der Waals surface area contributed by atoms with Crippen LogP contribution in [0.1, 0.15) is 30.9 Å². The van der Waals surface area contributed by atoms with E-state index in [1.54, 1.807) is 6.20 Å². The number of carbonyl (C=O) groups excluding carboxylic acids is 1. The van der Waals surface area contributed by atoms with Gasteiger partial charge < -0.3 is 19.5 Å². The highest BCUT2D eigenvalue weighted by atomic mass is 16.5. The predicted octanol–water partition coefficient (Wildman–Crippen LogP) is 5.04. The number of amides is 1. The van der Waals surface area contributed by atoms with Gasteiger partial charge in [0.05, 0.1) is 12.2 Å². The van der Waals surface area contributed by atoms with E-state index >= 15 is 0 Å². The van der Waals surface area contributed by atoms with Crippen molar-refractivity contribution in [3.05, 3.63) is 78.0 Å². The van der Waals surface area contributed by atoms with Crippen molar-refractivity contribution in [3.63, 3.8) is 0 Å². The summed E-state index contributed by atoms with van der Waals surface area (Å²) in [6, 6.07) is 19.7. The van der Waals surface area contributed by atoms with Gasteiger partial charge in [-0.2, -0.15) is 4.98 Å². The molecular weight excluding hydrogens is 466 g/mol. The van der Waals surface area contributed by atoms with Crippen molar-refractivity contribution in [2.24, 2.45) is 5.92 Å². The smallest absolute Gasteiger partial charge is 0.261 e. The van der Waals surface area contributed by atoms with Crippen molar-refractivity contribution in [1.29, 1.82) is 0 Å². The van der Waals surface area contributed by atoms with E-state index in [9.17, 15) is 4.79 Å². The van der Waals surface area contributed by atoms with Crippen LogP contribution in [0.25, 0.3) is 22.8 Å². The largest absolute Gasteiger partial charge is 0.494 e. The molecule has 1 N–H and O–H groups in total. The van der Waals surface area contributed by atoms with E-state index in [-0.39, 0.29) is 11.8 Å². The lowest BCUT2D eigenvalue weighted by atomic mass is 9.95. The number of anilines is 1. The Bertz CT molecular complexity index is 1360. The molecule has 5 rings (SSSR count). The van der Waals surface area contributed by atoms with Gasteiger partial charge in [0.25, 0.3) is 5.89 Å². The number of nitrogens with one attached hydrogen (secondary N) is 1. The fourth-order valence-corrected chi connectivity index (χ4v) is 4.68. The van der Waals surface area contributed by atoms with E-state index in [2.05, 4.69) is 25.3 Å². The molecule has 1 aliphatic rings. The zero-order valence-corrected chi connectivity index (χ0v) is 21.2. The van der Waals surface area contributed by atoms with E-state index in [1.807, 2.05) is 74.5 Å². The molecule has 2 aromatic carbocycles. The molecule has 0 aliphatic carbocycles. The highest BCUT2D eigenvalue weighted by Gasteiger charge is 2.28. The van der Waals surface area contributed by atoms with Crippen LogP contribution in [0.15, 0.2) is 71.4 Å². The highest BCUT2D eigenvalue weighted by molar-refractivity contribution is 5.79. The van der Waals surface area contributed by atoms with Crippen LogP contribution in [0, 0.1) is 12.8 Å². The molecule has 1 fully saturated rings. The molecule has 0 unspecified atom stereocenters. The number of benzene rings is 2. The predicted molar refractivity (Wildman–Crippen MR) is 142 cm³/mol. The molecule has 8 heteroatoms. The van der Waals surface area contributed by atoms with Crippen LogP contribution in [-0.4, -0.2) is 40.7 Å². The average molecular weight is 498 g/mol. The molecule has 1 saturated heterocycles. The van der Waals surface area contributed by atoms with Crippen LogP contribution in [-0.2, 0) is 11.3 Å². The summed E-state index contributed by atoms with van der Waals surface area (Å²) in [5.74, 6) is 2.63. The van der Waals surface area contributed by atoms with Gasteiger partial charge >= 0.3 is 0 Å². The summed E-state index contributed by atoms with van der Waals surface area (Å²) in [6.07, 6.45) is 3.26. The van der Waals surface area contributed by atoms with E-state index < -0.39 is 0 Å². The maximum absolute atomic E-state index is 12.9. The summed E-state index contributed by atoms with van der Waals surface area (Å²) >= 11 is 0. The second-order valence-electron chi connectivity index (χ2n) is 9.19. The van der Waals surface area contributed by atoms with Gasteiger partial charge in [-0.3, -0.25) is 4.79 Å². The van der Waals surface area contributed by atoms with E-state index in [0.717, 1.165) is 59.8 Å². The second kappa shape index (κ2) is 11.2. The molecule has 37 heavy (non-hydrogen) atoms. The molecule has 190 valence electrons. The minimum Gasteiger partial charge on any atom is -0.494 e. The first-order chi connectivity index (χ1) is 18.1. The van der Waals surface area contributed by atoms with Crippen molar-refractivity contribution in [1.82, 2.24) is 20.4 Å². The molecule has 8 nitrogen and oxygen atoms in total. The minimum absolute atomic E-state index is 0.0426. The lowest BCUT2D eigenvalue weighted by molar-refractivity contribution is -0.125. The molecule has 1 aliphatic heterocycles. The standard InChI is InChI=1S/C29H31N5O3/c1-3-36-25-12-5-4-9-23(25)19-31-28(35)21-13-16-34(17-14-21)27-24(11-7-15-30-27)29-32-26(33-37-29)22-10-6-8-20(2)18-22/h4-12,15,18,21H,3,13-14,16-17,19H2,1-2H3,(H,31,35). The van der Waals surface area contributed by atoms with Crippen molar-refractivity contribution in [2.75, 3.05) is 24.6 Å². The number of para-hydroxylation sites is 1. The maximum atomic E-state index is 12.9. The molecule has 0 saturated carbocycles. The third kappa shape index (κ3) is 5.63. The summed E-state index contributed by atoms with van der Waals surface area (Å²) < 4.78 is 11.3. The first-order valence-corrected chi connectivity index (χ1v) is 12.7. The molecule has 3 heterocycles. The fraction of sp³-hybridized carbons (Fsp3) is 0.310. The van der Waals surface area contributed by atoms with Crippen molar-refractivity contribution < 1.29 is 14.1 Å². The third-order valence-corrected chi connectivity index (χ3v) is 6.61. The number of pyridine rings is 1. The van der Waals surface area contributed by atoms with Gasteiger partial charge in [-0.1, -0.05) is 47.1 Å².